The molecule has 4 heteroatoms. The summed E-state index contributed by atoms with van der Waals surface area (Å²) in [7, 11) is 0. The van der Waals surface area contributed by atoms with Crippen LogP contribution in [0, 0.1) is 17.3 Å². The van der Waals surface area contributed by atoms with Gasteiger partial charge in [0.05, 0.1) is 5.69 Å². The molecule has 1 fully saturated rings. The van der Waals surface area contributed by atoms with E-state index in [0.29, 0.717) is 11.4 Å². The summed E-state index contributed by atoms with van der Waals surface area (Å²) in [4.78, 5) is 11.1. The van der Waals surface area contributed by atoms with Crippen LogP contribution in [0.1, 0.15) is 37.9 Å². The van der Waals surface area contributed by atoms with Crippen molar-refractivity contribution in [2.75, 3.05) is 18.8 Å². The lowest BCUT2D eigenvalue weighted by atomic mass is 9.49. The van der Waals surface area contributed by atoms with E-state index in [4.69, 9.17) is 5.73 Å². The van der Waals surface area contributed by atoms with Crippen LogP contribution in [0.15, 0.2) is 17.8 Å². The molecular weight excluding hydrogens is 260 g/mol. The summed E-state index contributed by atoms with van der Waals surface area (Å²) in [5, 5.41) is 0. The van der Waals surface area contributed by atoms with Gasteiger partial charge in [0, 0.05) is 37.8 Å². The molecule has 112 valence electrons. The van der Waals surface area contributed by atoms with Crippen molar-refractivity contribution in [1.82, 2.24) is 14.9 Å². The van der Waals surface area contributed by atoms with Gasteiger partial charge in [-0.2, -0.15) is 0 Å². The molecule has 2 atom stereocenters. The van der Waals surface area contributed by atoms with Gasteiger partial charge in [-0.05, 0) is 30.1 Å². The van der Waals surface area contributed by atoms with Crippen LogP contribution < -0.4 is 5.73 Å². The Bertz CT molecular complexity index is 605. The highest BCUT2D eigenvalue weighted by Gasteiger charge is 2.51. The highest BCUT2D eigenvalue weighted by atomic mass is 15.1. The molecule has 0 spiro atoms. The summed E-state index contributed by atoms with van der Waals surface area (Å²) in [5.74, 6) is 2.13. The minimum atomic E-state index is 0.402. The maximum absolute atomic E-state index is 5.67. The summed E-state index contributed by atoms with van der Waals surface area (Å²) in [5.41, 5.74) is 10.3. The molecule has 4 nitrogen and oxygen atoms in total. The monoisotopic (exact) mass is 284 g/mol. The van der Waals surface area contributed by atoms with Crippen molar-refractivity contribution >= 4 is 5.95 Å². The predicted molar refractivity (Wildman–Crippen MR) is 83.5 cm³/mol. The van der Waals surface area contributed by atoms with Gasteiger partial charge in [-0.1, -0.05) is 25.5 Å². The smallest absolute Gasteiger partial charge is 0.220 e. The van der Waals surface area contributed by atoms with Crippen LogP contribution in [0.25, 0.3) is 0 Å². The van der Waals surface area contributed by atoms with Crippen LogP contribution >= 0.6 is 0 Å². The maximum Gasteiger partial charge on any atom is 0.220 e. The number of hydrogen-bond donors (Lipinski definition) is 1. The molecule has 4 aliphatic rings. The van der Waals surface area contributed by atoms with E-state index in [1.54, 1.807) is 5.57 Å². The largest absolute Gasteiger partial charge is 0.368 e. The summed E-state index contributed by atoms with van der Waals surface area (Å²) in [6.07, 6.45) is 8.10. The Kier molecular flexibility index (Phi) is 2.86. The number of anilines is 1. The third-order valence-corrected chi connectivity index (χ3v) is 6.02. The predicted octanol–water partition coefficient (Wildman–Crippen LogP) is 2.41. The Morgan fingerprint density at radius 3 is 3.05 bits per heavy atom. The number of nitrogen functional groups attached to an aromatic ring is 1. The molecule has 2 N–H and O–H groups in total. The third-order valence-electron chi connectivity index (χ3n) is 6.02. The molecule has 1 saturated carbocycles. The van der Waals surface area contributed by atoms with E-state index in [1.165, 1.54) is 18.4 Å². The molecule has 2 bridgehead atoms. The van der Waals surface area contributed by atoms with Crippen molar-refractivity contribution in [3.05, 3.63) is 29.1 Å². The van der Waals surface area contributed by atoms with Crippen LogP contribution in [0.5, 0.6) is 0 Å². The Morgan fingerprint density at radius 2 is 2.29 bits per heavy atom. The molecule has 1 aliphatic heterocycles. The zero-order chi connectivity index (χ0) is 14.6. The molecule has 1 aromatic heterocycles. The first-order valence-corrected chi connectivity index (χ1v) is 8.05. The standard InChI is InChI=1S/C17H24N4/c1-17(2)13-4-3-11(14(17)7-13)9-21-6-5-15-12(10-21)8-19-16(18)20-15/h3,8,13-14H,4-7,9-10H2,1-2H3,(H2,18,19,20). The number of fused-ring (bicyclic) bond motifs is 2. The Labute approximate surface area is 126 Å². The van der Waals surface area contributed by atoms with E-state index in [0.717, 1.165) is 43.6 Å². The summed E-state index contributed by atoms with van der Waals surface area (Å²) in [6, 6.07) is 0. The average Bonchev–Trinajstić information content (AvgIpc) is 2.47. The Morgan fingerprint density at radius 1 is 1.43 bits per heavy atom. The zero-order valence-electron chi connectivity index (χ0n) is 13.0. The van der Waals surface area contributed by atoms with Crippen LogP contribution in [0.3, 0.4) is 0 Å². The minimum Gasteiger partial charge on any atom is -0.368 e. The molecule has 0 saturated heterocycles. The fraction of sp³-hybridized carbons (Fsp3) is 0.647. The summed E-state index contributed by atoms with van der Waals surface area (Å²) in [6.45, 7) is 8.05. The fourth-order valence-corrected chi connectivity index (χ4v) is 4.44. The second-order valence-corrected chi connectivity index (χ2v) is 7.48. The minimum absolute atomic E-state index is 0.402. The Balaban J connectivity index is 1.47. The van der Waals surface area contributed by atoms with Crippen molar-refractivity contribution in [2.24, 2.45) is 17.3 Å². The first-order valence-electron chi connectivity index (χ1n) is 8.05. The highest BCUT2D eigenvalue weighted by Crippen LogP contribution is 2.59. The van der Waals surface area contributed by atoms with Crippen LogP contribution in [0.2, 0.25) is 0 Å². The molecule has 0 amide bonds. The van der Waals surface area contributed by atoms with Gasteiger partial charge in [0.25, 0.3) is 0 Å². The number of hydrogen-bond acceptors (Lipinski definition) is 4. The second kappa shape index (κ2) is 4.54. The van der Waals surface area contributed by atoms with Crippen molar-refractivity contribution in [3.8, 4) is 0 Å². The third kappa shape index (κ3) is 2.08. The SMILES string of the molecule is CC1(C)C2CC=C(CN3CCc4nc(N)ncc4C3)C1C2. The van der Waals surface area contributed by atoms with Crippen LogP contribution in [-0.2, 0) is 13.0 Å². The average molecular weight is 284 g/mol. The van der Waals surface area contributed by atoms with Gasteiger partial charge in [-0.25, -0.2) is 9.97 Å². The molecule has 3 aliphatic carbocycles. The van der Waals surface area contributed by atoms with Crippen LogP contribution in [-0.4, -0.2) is 28.0 Å². The van der Waals surface area contributed by atoms with E-state index in [9.17, 15) is 0 Å². The van der Waals surface area contributed by atoms with Crippen LogP contribution in [0.4, 0.5) is 5.95 Å². The first-order chi connectivity index (χ1) is 10.0. The molecule has 5 rings (SSSR count). The summed E-state index contributed by atoms with van der Waals surface area (Å²) < 4.78 is 0. The second-order valence-electron chi connectivity index (χ2n) is 7.48. The fourth-order valence-electron chi connectivity index (χ4n) is 4.44. The number of nitrogens with two attached hydrogens (primary N) is 1. The topological polar surface area (TPSA) is 55.0 Å². The molecule has 1 aromatic rings. The van der Waals surface area contributed by atoms with E-state index in [2.05, 4.69) is 34.8 Å². The van der Waals surface area contributed by atoms with Gasteiger partial charge in [-0.15, -0.1) is 0 Å². The highest BCUT2D eigenvalue weighted by molar-refractivity contribution is 5.28. The normalized spacial score (nSPS) is 30.3. The van der Waals surface area contributed by atoms with Gasteiger partial charge < -0.3 is 5.73 Å². The Hall–Kier alpha value is -1.42. The lowest BCUT2D eigenvalue weighted by Gasteiger charge is -2.57. The van der Waals surface area contributed by atoms with Gasteiger partial charge in [0.2, 0.25) is 5.95 Å². The van der Waals surface area contributed by atoms with Gasteiger partial charge >= 0.3 is 0 Å². The number of rotatable bonds is 2. The van der Waals surface area contributed by atoms with E-state index in [1.807, 2.05) is 6.20 Å². The zero-order valence-corrected chi connectivity index (χ0v) is 13.0. The molecule has 2 heterocycles. The van der Waals surface area contributed by atoms with Crippen molar-refractivity contribution in [2.45, 2.75) is 39.7 Å². The maximum atomic E-state index is 5.67. The molecule has 2 unspecified atom stereocenters. The molecular formula is C17H24N4. The number of allylic oxidation sites excluding steroid dienone is 1. The molecule has 0 radical (unpaired) electrons. The lowest BCUT2D eigenvalue weighted by molar-refractivity contribution is -0.0110. The van der Waals surface area contributed by atoms with Gasteiger partial charge in [0.1, 0.15) is 0 Å². The molecule has 21 heavy (non-hydrogen) atoms. The van der Waals surface area contributed by atoms with E-state index in [-0.39, 0.29) is 0 Å². The quantitative estimate of drug-likeness (QED) is 0.847. The lowest BCUT2D eigenvalue weighted by Crippen LogP contribution is -2.50. The molecule has 0 aromatic carbocycles. The van der Waals surface area contributed by atoms with Gasteiger partial charge in [0.15, 0.2) is 0 Å². The van der Waals surface area contributed by atoms with E-state index >= 15 is 0 Å². The van der Waals surface area contributed by atoms with Crippen molar-refractivity contribution in [1.29, 1.82) is 0 Å². The number of aromatic nitrogens is 2. The van der Waals surface area contributed by atoms with Crippen molar-refractivity contribution in [3.63, 3.8) is 0 Å². The van der Waals surface area contributed by atoms with Crippen molar-refractivity contribution < 1.29 is 0 Å². The van der Waals surface area contributed by atoms with E-state index < -0.39 is 0 Å². The first kappa shape index (κ1) is 13.3. The summed E-state index contributed by atoms with van der Waals surface area (Å²) >= 11 is 0. The van der Waals surface area contributed by atoms with Gasteiger partial charge in [-0.3, -0.25) is 4.90 Å². The number of nitrogens with zero attached hydrogens (tertiary/aromatic N) is 3.